The molecule has 0 radical (unpaired) electrons. The summed E-state index contributed by atoms with van der Waals surface area (Å²) in [6, 6.07) is 14.5. The average Bonchev–Trinajstić information content (AvgIpc) is 2.80. The van der Waals surface area contributed by atoms with Crippen molar-refractivity contribution in [3.05, 3.63) is 76.1 Å². The third kappa shape index (κ3) is 4.62. The number of ether oxygens (including phenoxy) is 1. The Morgan fingerprint density at radius 2 is 1.88 bits per heavy atom. The van der Waals surface area contributed by atoms with E-state index in [0.717, 1.165) is 0 Å². The van der Waals surface area contributed by atoms with Gasteiger partial charge in [-0.15, -0.1) is 0 Å². The fraction of sp³-hybridized carbons (Fsp3) is 0.227. The van der Waals surface area contributed by atoms with Crippen LogP contribution in [0.25, 0.3) is 11.3 Å². The van der Waals surface area contributed by atoms with Gasteiger partial charge in [-0.2, -0.15) is 9.40 Å². The monoisotopic (exact) mass is 454 g/mol. The maximum absolute atomic E-state index is 13.0. The molecule has 9 nitrogen and oxygen atoms in total. The first-order valence-corrected chi connectivity index (χ1v) is 11.4. The summed E-state index contributed by atoms with van der Waals surface area (Å²) in [4.78, 5) is 24.3. The number of aromatic nitrogens is 2. The fourth-order valence-electron chi connectivity index (χ4n) is 3.40. The lowest BCUT2D eigenvalue weighted by Crippen LogP contribution is -2.40. The second kappa shape index (κ2) is 9.03. The predicted octanol–water partition coefficient (Wildman–Crippen LogP) is 2.02. The Morgan fingerprint density at radius 1 is 1.09 bits per heavy atom. The molecule has 4 rings (SSSR count). The zero-order valence-electron chi connectivity index (χ0n) is 17.4. The van der Waals surface area contributed by atoms with E-state index < -0.39 is 15.9 Å². The molecule has 32 heavy (non-hydrogen) atoms. The molecule has 3 aromatic rings. The maximum atomic E-state index is 13.0. The molecule has 1 saturated heterocycles. The van der Waals surface area contributed by atoms with E-state index in [1.54, 1.807) is 43.3 Å². The molecule has 1 aliphatic heterocycles. The number of carbonyl (C=O) groups excluding carboxylic acids is 1. The molecular formula is C22H22N4O5S. The lowest BCUT2D eigenvalue weighted by atomic mass is 10.1. The van der Waals surface area contributed by atoms with E-state index in [2.05, 4.69) is 15.5 Å². The highest BCUT2D eigenvalue weighted by atomic mass is 32.2. The van der Waals surface area contributed by atoms with Gasteiger partial charge < -0.3 is 10.1 Å². The minimum absolute atomic E-state index is 0.0707. The molecule has 1 fully saturated rings. The molecule has 1 aromatic heterocycles. The number of aromatic amines is 1. The van der Waals surface area contributed by atoms with Gasteiger partial charge in [0.1, 0.15) is 0 Å². The second-order valence-electron chi connectivity index (χ2n) is 7.33. The van der Waals surface area contributed by atoms with E-state index in [1.807, 2.05) is 0 Å². The molecule has 10 heteroatoms. The van der Waals surface area contributed by atoms with E-state index >= 15 is 0 Å². The number of nitrogens with zero attached hydrogens (tertiary/aromatic N) is 2. The van der Waals surface area contributed by atoms with Crippen molar-refractivity contribution < 1.29 is 17.9 Å². The summed E-state index contributed by atoms with van der Waals surface area (Å²) in [6.45, 7) is 3.01. The molecule has 2 heterocycles. The number of hydrogen-bond acceptors (Lipinski definition) is 6. The van der Waals surface area contributed by atoms with Crippen LogP contribution in [0.15, 0.2) is 64.3 Å². The highest BCUT2D eigenvalue weighted by molar-refractivity contribution is 7.89. The van der Waals surface area contributed by atoms with Crippen LogP contribution >= 0.6 is 0 Å². The van der Waals surface area contributed by atoms with Gasteiger partial charge in [0.15, 0.2) is 0 Å². The zero-order valence-corrected chi connectivity index (χ0v) is 18.2. The minimum Gasteiger partial charge on any atom is -0.379 e. The number of H-pyrrole nitrogens is 1. The number of benzene rings is 2. The molecule has 2 N–H and O–H groups in total. The van der Waals surface area contributed by atoms with Crippen LogP contribution in [0.5, 0.6) is 0 Å². The minimum atomic E-state index is -3.72. The number of morpholine rings is 1. The summed E-state index contributed by atoms with van der Waals surface area (Å²) in [5.74, 6) is -0.423. The highest BCUT2D eigenvalue weighted by Crippen LogP contribution is 2.23. The average molecular weight is 455 g/mol. The second-order valence-corrected chi connectivity index (χ2v) is 9.27. The molecule has 166 valence electrons. The number of anilines is 1. The molecule has 0 bridgehead atoms. The van der Waals surface area contributed by atoms with Gasteiger partial charge in [0.25, 0.3) is 11.5 Å². The van der Waals surface area contributed by atoms with E-state index in [1.165, 1.54) is 22.5 Å². The van der Waals surface area contributed by atoms with Crippen molar-refractivity contribution in [2.45, 2.75) is 11.8 Å². The van der Waals surface area contributed by atoms with Crippen LogP contribution in [0.1, 0.15) is 15.9 Å². The van der Waals surface area contributed by atoms with Crippen molar-refractivity contribution in [1.82, 2.24) is 14.5 Å². The molecule has 0 atom stereocenters. The van der Waals surface area contributed by atoms with Gasteiger partial charge in [-0.1, -0.05) is 18.2 Å². The van der Waals surface area contributed by atoms with Gasteiger partial charge in [0, 0.05) is 36.0 Å². The quantitative estimate of drug-likeness (QED) is 0.608. The normalized spacial score (nSPS) is 14.8. The first-order chi connectivity index (χ1) is 15.3. The summed E-state index contributed by atoms with van der Waals surface area (Å²) in [5, 5.41) is 9.18. The third-order valence-electron chi connectivity index (χ3n) is 5.16. The van der Waals surface area contributed by atoms with Crippen molar-refractivity contribution in [2.75, 3.05) is 31.6 Å². The Labute approximate surface area is 185 Å². The molecule has 0 unspecified atom stereocenters. The van der Waals surface area contributed by atoms with Crippen molar-refractivity contribution in [1.29, 1.82) is 0 Å². The number of carbonyl (C=O) groups is 1. The Bertz CT molecular complexity index is 1290. The van der Waals surface area contributed by atoms with Gasteiger partial charge in [0.05, 0.1) is 23.8 Å². The Hall–Kier alpha value is -3.34. The molecule has 1 amide bonds. The first-order valence-electron chi connectivity index (χ1n) is 10.0. The number of hydrogen-bond donors (Lipinski definition) is 2. The van der Waals surface area contributed by atoms with E-state index in [4.69, 9.17) is 4.74 Å². The van der Waals surface area contributed by atoms with Gasteiger partial charge >= 0.3 is 0 Å². The van der Waals surface area contributed by atoms with Gasteiger partial charge in [-0.3, -0.25) is 9.59 Å². The summed E-state index contributed by atoms with van der Waals surface area (Å²) < 4.78 is 32.5. The van der Waals surface area contributed by atoms with Crippen LogP contribution in [-0.2, 0) is 14.8 Å². The smallest absolute Gasteiger partial charge is 0.264 e. The molecule has 2 aromatic carbocycles. The maximum Gasteiger partial charge on any atom is 0.264 e. The lowest BCUT2D eigenvalue weighted by molar-refractivity contribution is 0.0730. The number of rotatable bonds is 5. The van der Waals surface area contributed by atoms with E-state index in [0.29, 0.717) is 35.7 Å². The van der Waals surface area contributed by atoms with Crippen molar-refractivity contribution in [3.63, 3.8) is 0 Å². The predicted molar refractivity (Wildman–Crippen MR) is 119 cm³/mol. The van der Waals surface area contributed by atoms with Gasteiger partial charge in [0.2, 0.25) is 10.0 Å². The van der Waals surface area contributed by atoms with Crippen LogP contribution in [0, 0.1) is 6.92 Å². The molecule has 0 saturated carbocycles. The van der Waals surface area contributed by atoms with Crippen LogP contribution in [0.4, 0.5) is 5.69 Å². The van der Waals surface area contributed by atoms with Gasteiger partial charge in [-0.25, -0.2) is 13.5 Å². The fourth-order valence-corrected chi connectivity index (χ4v) is 4.84. The van der Waals surface area contributed by atoms with Crippen LogP contribution in [-0.4, -0.2) is 55.1 Å². The third-order valence-corrected chi connectivity index (χ3v) is 7.05. The Morgan fingerprint density at radius 3 is 2.59 bits per heavy atom. The SMILES string of the molecule is Cc1ccc(S(=O)(=O)N2CCOCC2)cc1C(=O)Nc1cccc(-c2ccc(=O)[nH]n2)c1. The lowest BCUT2D eigenvalue weighted by Gasteiger charge is -2.26. The standard InChI is InChI=1S/C22H22N4O5S/c1-15-5-6-18(32(29,30)26-9-11-31-12-10-26)14-19(15)22(28)23-17-4-2-3-16(13-17)20-7-8-21(27)25-24-20/h2-8,13-14H,9-12H2,1H3,(H,23,28)(H,25,27). The number of sulfonamides is 1. The number of aryl methyl sites for hydroxylation is 1. The molecule has 1 aliphatic rings. The van der Waals surface area contributed by atoms with E-state index in [-0.39, 0.29) is 29.1 Å². The first kappa shape index (κ1) is 21.9. The van der Waals surface area contributed by atoms with Crippen molar-refractivity contribution >= 4 is 21.6 Å². The van der Waals surface area contributed by atoms with Crippen LogP contribution in [0.3, 0.4) is 0 Å². The zero-order chi connectivity index (χ0) is 22.7. The highest BCUT2D eigenvalue weighted by Gasteiger charge is 2.27. The molecular weight excluding hydrogens is 432 g/mol. The number of nitrogens with one attached hydrogen (secondary N) is 2. The largest absolute Gasteiger partial charge is 0.379 e. The van der Waals surface area contributed by atoms with Gasteiger partial charge in [-0.05, 0) is 42.8 Å². The van der Waals surface area contributed by atoms with Crippen LogP contribution < -0.4 is 10.9 Å². The Balaban J connectivity index is 1.59. The summed E-state index contributed by atoms with van der Waals surface area (Å²) in [5.41, 5.74) is 2.39. The van der Waals surface area contributed by atoms with Crippen LogP contribution in [0.2, 0.25) is 0 Å². The molecule has 0 aliphatic carbocycles. The van der Waals surface area contributed by atoms with Crippen molar-refractivity contribution in [2.24, 2.45) is 0 Å². The number of amides is 1. The van der Waals surface area contributed by atoms with E-state index in [9.17, 15) is 18.0 Å². The summed E-state index contributed by atoms with van der Waals surface area (Å²) in [7, 11) is -3.72. The van der Waals surface area contributed by atoms with Crippen molar-refractivity contribution in [3.8, 4) is 11.3 Å². The topological polar surface area (TPSA) is 121 Å². The summed E-state index contributed by atoms with van der Waals surface area (Å²) >= 11 is 0. The molecule has 0 spiro atoms. The Kier molecular flexibility index (Phi) is 6.17. The summed E-state index contributed by atoms with van der Waals surface area (Å²) in [6.07, 6.45) is 0.